The lowest BCUT2D eigenvalue weighted by Crippen LogP contribution is -2.44. The Labute approximate surface area is 159 Å². The summed E-state index contributed by atoms with van der Waals surface area (Å²) in [5, 5.41) is 2.73. The van der Waals surface area contributed by atoms with Gasteiger partial charge < -0.3 is 10.1 Å². The largest absolute Gasteiger partial charge is 0.425 e. The van der Waals surface area contributed by atoms with Crippen LogP contribution < -0.4 is 10.1 Å². The molecule has 1 N–H and O–H groups in total. The van der Waals surface area contributed by atoms with Gasteiger partial charge in [0.2, 0.25) is 0 Å². The summed E-state index contributed by atoms with van der Waals surface area (Å²) in [5.41, 5.74) is -0.472. The Balaban J connectivity index is 1.76. The number of carbonyl (C=O) groups is 3. The van der Waals surface area contributed by atoms with Crippen molar-refractivity contribution < 1.29 is 19.1 Å². The van der Waals surface area contributed by atoms with E-state index in [2.05, 4.69) is 21.2 Å². The van der Waals surface area contributed by atoms with E-state index >= 15 is 0 Å². The molecule has 2 aromatic carbocycles. The fraction of sp³-hybridized carbons (Fsp3) is 0.211. The molecule has 0 bridgehead atoms. The van der Waals surface area contributed by atoms with Gasteiger partial charge in [-0.05, 0) is 36.2 Å². The van der Waals surface area contributed by atoms with E-state index in [0.29, 0.717) is 17.7 Å². The van der Waals surface area contributed by atoms with Gasteiger partial charge in [-0.25, -0.2) is 9.59 Å². The molecule has 3 rings (SSSR count). The van der Waals surface area contributed by atoms with Gasteiger partial charge in [-0.1, -0.05) is 53.2 Å². The van der Waals surface area contributed by atoms with Gasteiger partial charge in [0.25, 0.3) is 5.91 Å². The molecule has 0 spiro atoms. The van der Waals surface area contributed by atoms with Crippen molar-refractivity contribution >= 4 is 33.8 Å². The van der Waals surface area contributed by atoms with Gasteiger partial charge in [0.05, 0.1) is 0 Å². The molecule has 0 radical (unpaired) electrons. The SMILES string of the molecule is CCC1(c2ccccc2)NC(=O)N(CC(=O)Oc2ccc(Br)cc2)C1=O. The Morgan fingerprint density at radius 2 is 1.77 bits per heavy atom. The monoisotopic (exact) mass is 416 g/mol. The molecular formula is C19H17BrN2O4. The van der Waals surface area contributed by atoms with E-state index in [-0.39, 0.29) is 0 Å². The minimum atomic E-state index is -1.16. The molecule has 0 saturated carbocycles. The van der Waals surface area contributed by atoms with Gasteiger partial charge in [0.1, 0.15) is 17.8 Å². The normalized spacial score (nSPS) is 19.4. The second kappa shape index (κ2) is 7.29. The van der Waals surface area contributed by atoms with Crippen LogP contribution in [0.15, 0.2) is 59.1 Å². The molecule has 1 saturated heterocycles. The number of esters is 1. The van der Waals surface area contributed by atoms with E-state index in [0.717, 1.165) is 9.37 Å². The van der Waals surface area contributed by atoms with Crippen molar-refractivity contribution in [3.63, 3.8) is 0 Å². The van der Waals surface area contributed by atoms with Crippen molar-refractivity contribution in [1.29, 1.82) is 0 Å². The lowest BCUT2D eigenvalue weighted by molar-refractivity contribution is -0.141. The summed E-state index contributed by atoms with van der Waals surface area (Å²) < 4.78 is 6.05. The zero-order chi connectivity index (χ0) is 18.7. The summed E-state index contributed by atoms with van der Waals surface area (Å²) >= 11 is 3.29. The number of benzene rings is 2. The first-order valence-electron chi connectivity index (χ1n) is 8.12. The number of ether oxygens (including phenoxy) is 1. The van der Waals surface area contributed by atoms with Crippen LogP contribution in [0.5, 0.6) is 5.75 Å². The molecule has 1 aliphatic heterocycles. The lowest BCUT2D eigenvalue weighted by Gasteiger charge is -2.25. The summed E-state index contributed by atoms with van der Waals surface area (Å²) in [4.78, 5) is 38.3. The fourth-order valence-corrected chi connectivity index (χ4v) is 3.19. The first-order valence-corrected chi connectivity index (χ1v) is 8.91. The number of urea groups is 1. The van der Waals surface area contributed by atoms with Crippen LogP contribution in [-0.4, -0.2) is 29.4 Å². The highest BCUT2D eigenvalue weighted by atomic mass is 79.9. The van der Waals surface area contributed by atoms with Crippen LogP contribution in [0.4, 0.5) is 4.79 Å². The van der Waals surface area contributed by atoms with Crippen LogP contribution in [0.2, 0.25) is 0 Å². The number of hydrogen-bond donors (Lipinski definition) is 1. The third-order valence-corrected chi connectivity index (χ3v) is 4.83. The van der Waals surface area contributed by atoms with Crippen LogP contribution in [-0.2, 0) is 15.1 Å². The Hall–Kier alpha value is -2.67. The van der Waals surface area contributed by atoms with Crippen molar-refractivity contribution in [3.8, 4) is 5.75 Å². The molecular weight excluding hydrogens is 400 g/mol. The average molecular weight is 417 g/mol. The third kappa shape index (κ3) is 3.35. The number of hydrogen-bond acceptors (Lipinski definition) is 4. The zero-order valence-corrected chi connectivity index (χ0v) is 15.7. The first kappa shape index (κ1) is 18.1. The van der Waals surface area contributed by atoms with Crippen LogP contribution in [0.3, 0.4) is 0 Å². The number of nitrogens with one attached hydrogen (secondary N) is 1. The van der Waals surface area contributed by atoms with Crippen LogP contribution in [0, 0.1) is 0 Å². The van der Waals surface area contributed by atoms with Crippen molar-refractivity contribution in [3.05, 3.63) is 64.6 Å². The number of nitrogens with zero attached hydrogens (tertiary/aromatic N) is 1. The van der Waals surface area contributed by atoms with Gasteiger partial charge in [-0.2, -0.15) is 0 Å². The number of imide groups is 1. The number of carbonyl (C=O) groups excluding carboxylic acids is 3. The summed E-state index contributed by atoms with van der Waals surface area (Å²) in [6.07, 6.45) is 0.375. The van der Waals surface area contributed by atoms with E-state index in [1.165, 1.54) is 0 Å². The standard InChI is InChI=1S/C19H17BrN2O4/c1-2-19(13-6-4-3-5-7-13)17(24)22(18(25)21-19)12-16(23)26-15-10-8-14(20)9-11-15/h3-11H,2,12H2,1H3,(H,21,25). The van der Waals surface area contributed by atoms with Gasteiger partial charge in [0.15, 0.2) is 0 Å². The van der Waals surface area contributed by atoms with Gasteiger partial charge in [-0.3, -0.25) is 9.69 Å². The van der Waals surface area contributed by atoms with Crippen molar-refractivity contribution in [1.82, 2.24) is 10.2 Å². The topological polar surface area (TPSA) is 75.7 Å². The molecule has 0 aliphatic carbocycles. The van der Waals surface area contributed by atoms with E-state index in [1.54, 1.807) is 48.5 Å². The molecule has 3 amide bonds. The molecule has 1 fully saturated rings. The minimum absolute atomic E-state index is 0.343. The summed E-state index contributed by atoms with van der Waals surface area (Å²) in [7, 11) is 0. The fourth-order valence-electron chi connectivity index (χ4n) is 2.93. The van der Waals surface area contributed by atoms with Crippen molar-refractivity contribution in [2.24, 2.45) is 0 Å². The molecule has 6 nitrogen and oxygen atoms in total. The highest BCUT2D eigenvalue weighted by Crippen LogP contribution is 2.32. The third-order valence-electron chi connectivity index (χ3n) is 4.31. The minimum Gasteiger partial charge on any atom is -0.425 e. The molecule has 7 heteroatoms. The molecule has 0 aromatic heterocycles. The average Bonchev–Trinajstić information content (AvgIpc) is 2.89. The number of amides is 3. The first-order chi connectivity index (χ1) is 12.5. The molecule has 1 atom stereocenters. The Morgan fingerprint density at radius 1 is 1.12 bits per heavy atom. The maximum Gasteiger partial charge on any atom is 0.331 e. The van der Waals surface area contributed by atoms with Gasteiger partial charge in [-0.15, -0.1) is 0 Å². The van der Waals surface area contributed by atoms with E-state index in [4.69, 9.17) is 4.74 Å². The predicted octanol–water partition coefficient (Wildman–Crippen LogP) is 3.21. The molecule has 134 valence electrons. The van der Waals surface area contributed by atoms with E-state index in [1.807, 2.05) is 13.0 Å². The summed E-state index contributed by atoms with van der Waals surface area (Å²) in [6.45, 7) is 1.37. The lowest BCUT2D eigenvalue weighted by atomic mass is 9.87. The molecule has 1 aliphatic rings. The second-order valence-corrected chi connectivity index (χ2v) is 6.79. The summed E-state index contributed by atoms with van der Waals surface area (Å²) in [5.74, 6) is -0.796. The van der Waals surface area contributed by atoms with Crippen LogP contribution >= 0.6 is 15.9 Å². The van der Waals surface area contributed by atoms with Gasteiger partial charge >= 0.3 is 12.0 Å². The molecule has 1 heterocycles. The van der Waals surface area contributed by atoms with Gasteiger partial charge in [0, 0.05) is 4.47 Å². The Bertz CT molecular complexity index is 838. The Morgan fingerprint density at radius 3 is 2.38 bits per heavy atom. The maximum atomic E-state index is 12.9. The quantitative estimate of drug-likeness (QED) is 0.461. The highest BCUT2D eigenvalue weighted by Gasteiger charge is 2.51. The predicted molar refractivity (Wildman–Crippen MR) is 98.4 cm³/mol. The summed E-state index contributed by atoms with van der Waals surface area (Å²) in [6, 6.07) is 15.1. The zero-order valence-electron chi connectivity index (χ0n) is 14.1. The van der Waals surface area contributed by atoms with E-state index in [9.17, 15) is 14.4 Å². The molecule has 1 unspecified atom stereocenters. The second-order valence-electron chi connectivity index (χ2n) is 5.87. The van der Waals surface area contributed by atoms with Crippen LogP contribution in [0.1, 0.15) is 18.9 Å². The van der Waals surface area contributed by atoms with Crippen LogP contribution in [0.25, 0.3) is 0 Å². The van der Waals surface area contributed by atoms with Crippen molar-refractivity contribution in [2.75, 3.05) is 6.54 Å². The van der Waals surface area contributed by atoms with Crippen molar-refractivity contribution in [2.45, 2.75) is 18.9 Å². The molecule has 2 aromatic rings. The smallest absolute Gasteiger partial charge is 0.331 e. The highest BCUT2D eigenvalue weighted by molar-refractivity contribution is 9.10. The maximum absolute atomic E-state index is 12.9. The Kier molecular flexibility index (Phi) is 5.08. The number of halogens is 1. The molecule has 26 heavy (non-hydrogen) atoms. The number of rotatable bonds is 5. The van der Waals surface area contributed by atoms with E-state index < -0.39 is 30.0 Å².